The summed E-state index contributed by atoms with van der Waals surface area (Å²) in [7, 11) is 1.93. The van der Waals surface area contributed by atoms with Crippen molar-refractivity contribution in [3.63, 3.8) is 0 Å². The van der Waals surface area contributed by atoms with Crippen LogP contribution in [0.4, 0.5) is 0 Å². The molecule has 0 aliphatic heterocycles. The lowest BCUT2D eigenvalue weighted by Gasteiger charge is -2.20. The van der Waals surface area contributed by atoms with Crippen LogP contribution < -0.4 is 16.4 Å². The Hall–Kier alpha value is -0.610. The molecule has 1 unspecified atom stereocenters. The maximum absolute atomic E-state index is 11.2. The quantitative estimate of drug-likeness (QED) is 0.541. The van der Waals surface area contributed by atoms with E-state index >= 15 is 0 Å². The summed E-state index contributed by atoms with van der Waals surface area (Å²) in [6.45, 7) is 6.41. The number of hydrogen-bond acceptors (Lipinski definition) is 3. The molecule has 84 valence electrons. The van der Waals surface area contributed by atoms with Crippen molar-refractivity contribution in [2.75, 3.05) is 26.7 Å². The van der Waals surface area contributed by atoms with Crippen molar-refractivity contribution in [2.45, 2.75) is 20.3 Å². The molecule has 1 amide bonds. The van der Waals surface area contributed by atoms with Crippen LogP contribution in [-0.2, 0) is 4.79 Å². The van der Waals surface area contributed by atoms with Crippen molar-refractivity contribution in [3.8, 4) is 0 Å². The first kappa shape index (κ1) is 13.4. The van der Waals surface area contributed by atoms with Crippen molar-refractivity contribution in [2.24, 2.45) is 17.6 Å². The van der Waals surface area contributed by atoms with Crippen molar-refractivity contribution >= 4 is 5.91 Å². The first-order valence-corrected chi connectivity index (χ1v) is 5.23. The van der Waals surface area contributed by atoms with E-state index in [1.54, 1.807) is 0 Å². The molecule has 4 heteroatoms. The molecule has 0 saturated carbocycles. The summed E-state index contributed by atoms with van der Waals surface area (Å²) in [6, 6.07) is 0. The third-order valence-electron chi connectivity index (χ3n) is 2.34. The molecule has 0 aliphatic carbocycles. The van der Waals surface area contributed by atoms with E-state index in [1.807, 2.05) is 7.05 Å². The molecule has 1 atom stereocenters. The molecule has 0 rings (SSSR count). The highest BCUT2D eigenvalue weighted by atomic mass is 16.1. The largest absolute Gasteiger partial charge is 0.356 e. The zero-order chi connectivity index (χ0) is 11.0. The van der Waals surface area contributed by atoms with E-state index in [0.29, 0.717) is 24.8 Å². The zero-order valence-electron chi connectivity index (χ0n) is 9.47. The van der Waals surface area contributed by atoms with Crippen LogP contribution in [0.2, 0.25) is 0 Å². The molecule has 0 aromatic rings. The van der Waals surface area contributed by atoms with E-state index in [4.69, 9.17) is 5.73 Å². The van der Waals surface area contributed by atoms with Crippen LogP contribution in [0.15, 0.2) is 0 Å². The second-order valence-electron chi connectivity index (χ2n) is 3.90. The molecular weight excluding hydrogens is 178 g/mol. The van der Waals surface area contributed by atoms with Gasteiger partial charge >= 0.3 is 0 Å². The highest BCUT2D eigenvalue weighted by molar-refractivity contribution is 5.75. The standard InChI is InChI=1S/C10H23N3O/c1-8(2)9(6-12-3)7-13-10(14)4-5-11/h8-9,12H,4-7,11H2,1-3H3,(H,13,14). The number of nitrogens with two attached hydrogens (primary N) is 1. The third-order valence-corrected chi connectivity index (χ3v) is 2.34. The highest BCUT2D eigenvalue weighted by Gasteiger charge is 2.13. The zero-order valence-corrected chi connectivity index (χ0v) is 9.47. The van der Waals surface area contributed by atoms with Crippen LogP contribution in [0.3, 0.4) is 0 Å². The Kier molecular flexibility index (Phi) is 7.42. The van der Waals surface area contributed by atoms with Crippen molar-refractivity contribution < 1.29 is 4.79 Å². The van der Waals surface area contributed by atoms with Gasteiger partial charge in [-0.05, 0) is 25.4 Å². The van der Waals surface area contributed by atoms with Gasteiger partial charge in [0.15, 0.2) is 0 Å². The second kappa shape index (κ2) is 7.76. The Labute approximate surface area is 86.6 Å². The van der Waals surface area contributed by atoms with Gasteiger partial charge in [-0.15, -0.1) is 0 Å². The lowest BCUT2D eigenvalue weighted by molar-refractivity contribution is -0.121. The molecule has 4 N–H and O–H groups in total. The minimum absolute atomic E-state index is 0.0502. The first-order valence-electron chi connectivity index (χ1n) is 5.23. The first-order chi connectivity index (χ1) is 6.61. The normalized spacial score (nSPS) is 12.9. The predicted octanol–water partition coefficient (Wildman–Crippen LogP) is -0.0570. The van der Waals surface area contributed by atoms with E-state index in [-0.39, 0.29) is 5.91 Å². The molecule has 0 aliphatic rings. The van der Waals surface area contributed by atoms with Gasteiger partial charge in [0, 0.05) is 19.5 Å². The number of nitrogens with one attached hydrogen (secondary N) is 2. The Morgan fingerprint density at radius 2 is 2.00 bits per heavy atom. The van der Waals surface area contributed by atoms with Gasteiger partial charge in [-0.2, -0.15) is 0 Å². The average Bonchev–Trinajstić information content (AvgIpc) is 2.12. The molecule has 0 spiro atoms. The number of hydrogen-bond donors (Lipinski definition) is 3. The monoisotopic (exact) mass is 201 g/mol. The molecule has 14 heavy (non-hydrogen) atoms. The van der Waals surface area contributed by atoms with E-state index < -0.39 is 0 Å². The number of amides is 1. The molecule has 0 bridgehead atoms. The lowest BCUT2D eigenvalue weighted by Crippen LogP contribution is -2.36. The van der Waals surface area contributed by atoms with E-state index in [1.165, 1.54) is 0 Å². The Bertz CT molecular complexity index is 159. The maximum Gasteiger partial charge on any atom is 0.221 e. The van der Waals surface area contributed by atoms with Gasteiger partial charge in [-0.1, -0.05) is 13.8 Å². The molecule has 0 aromatic heterocycles. The number of rotatable bonds is 7. The molecule has 0 aromatic carbocycles. The van der Waals surface area contributed by atoms with Crippen LogP contribution in [-0.4, -0.2) is 32.6 Å². The smallest absolute Gasteiger partial charge is 0.221 e. The summed E-state index contributed by atoms with van der Waals surface area (Å²) in [5.41, 5.74) is 5.28. The highest BCUT2D eigenvalue weighted by Crippen LogP contribution is 2.07. The SMILES string of the molecule is CNCC(CNC(=O)CCN)C(C)C. The van der Waals surface area contributed by atoms with Gasteiger partial charge in [-0.3, -0.25) is 4.79 Å². The van der Waals surface area contributed by atoms with Crippen LogP contribution in [0.1, 0.15) is 20.3 Å². The Morgan fingerprint density at radius 1 is 1.36 bits per heavy atom. The maximum atomic E-state index is 11.2. The predicted molar refractivity (Wildman–Crippen MR) is 58.9 cm³/mol. The van der Waals surface area contributed by atoms with Gasteiger partial charge in [0.05, 0.1) is 0 Å². The minimum Gasteiger partial charge on any atom is -0.356 e. The fraction of sp³-hybridized carbons (Fsp3) is 0.900. The van der Waals surface area contributed by atoms with Crippen molar-refractivity contribution in [1.29, 1.82) is 0 Å². The average molecular weight is 201 g/mol. The van der Waals surface area contributed by atoms with Crippen LogP contribution in [0.25, 0.3) is 0 Å². The Balaban J connectivity index is 3.75. The van der Waals surface area contributed by atoms with Gasteiger partial charge in [-0.25, -0.2) is 0 Å². The number of carbonyl (C=O) groups excluding carboxylic acids is 1. The van der Waals surface area contributed by atoms with Crippen molar-refractivity contribution in [3.05, 3.63) is 0 Å². The number of carbonyl (C=O) groups is 1. The van der Waals surface area contributed by atoms with Crippen LogP contribution in [0, 0.1) is 11.8 Å². The minimum atomic E-state index is 0.0502. The van der Waals surface area contributed by atoms with E-state index in [9.17, 15) is 4.79 Å². The van der Waals surface area contributed by atoms with Gasteiger partial charge < -0.3 is 16.4 Å². The summed E-state index contributed by atoms with van der Waals surface area (Å²) < 4.78 is 0. The second-order valence-corrected chi connectivity index (χ2v) is 3.90. The fourth-order valence-corrected chi connectivity index (χ4v) is 1.27. The third kappa shape index (κ3) is 5.94. The van der Waals surface area contributed by atoms with Crippen LogP contribution in [0.5, 0.6) is 0 Å². The van der Waals surface area contributed by atoms with Crippen LogP contribution >= 0.6 is 0 Å². The van der Waals surface area contributed by atoms with E-state index in [0.717, 1.165) is 13.1 Å². The van der Waals surface area contributed by atoms with Gasteiger partial charge in [0.25, 0.3) is 0 Å². The molecular formula is C10H23N3O. The molecule has 0 heterocycles. The summed E-state index contributed by atoms with van der Waals surface area (Å²) >= 11 is 0. The van der Waals surface area contributed by atoms with Gasteiger partial charge in [0.1, 0.15) is 0 Å². The fourth-order valence-electron chi connectivity index (χ4n) is 1.27. The molecule has 0 radical (unpaired) electrons. The summed E-state index contributed by atoms with van der Waals surface area (Å²) in [5.74, 6) is 1.11. The molecule has 4 nitrogen and oxygen atoms in total. The lowest BCUT2D eigenvalue weighted by atomic mass is 9.96. The molecule has 0 fully saturated rings. The topological polar surface area (TPSA) is 67.1 Å². The summed E-state index contributed by atoms with van der Waals surface area (Å²) in [6.07, 6.45) is 0.421. The Morgan fingerprint density at radius 3 is 2.43 bits per heavy atom. The summed E-state index contributed by atoms with van der Waals surface area (Å²) in [4.78, 5) is 11.2. The summed E-state index contributed by atoms with van der Waals surface area (Å²) in [5, 5.41) is 6.02. The van der Waals surface area contributed by atoms with E-state index in [2.05, 4.69) is 24.5 Å². The van der Waals surface area contributed by atoms with Crippen molar-refractivity contribution in [1.82, 2.24) is 10.6 Å². The van der Waals surface area contributed by atoms with Gasteiger partial charge in [0.2, 0.25) is 5.91 Å². The molecule has 0 saturated heterocycles.